The summed E-state index contributed by atoms with van der Waals surface area (Å²) < 4.78 is 13.0. The lowest BCUT2D eigenvalue weighted by atomic mass is 10.0. The molecule has 0 amide bonds. The molecular formula is C12H21N3O2. The van der Waals surface area contributed by atoms with Crippen molar-refractivity contribution in [1.29, 1.82) is 0 Å². The van der Waals surface area contributed by atoms with Crippen LogP contribution >= 0.6 is 0 Å². The number of hydrogen-bond acceptors (Lipinski definition) is 4. The molecule has 5 nitrogen and oxygen atoms in total. The molecule has 1 aliphatic heterocycles. The maximum absolute atomic E-state index is 5.58. The average molecular weight is 239 g/mol. The fourth-order valence-corrected chi connectivity index (χ4v) is 2.19. The van der Waals surface area contributed by atoms with E-state index in [1.54, 1.807) is 7.11 Å². The number of nitrogens with one attached hydrogen (secondary N) is 1. The van der Waals surface area contributed by atoms with Gasteiger partial charge in [0.25, 0.3) is 0 Å². The molecule has 2 unspecified atom stereocenters. The highest BCUT2D eigenvalue weighted by atomic mass is 16.5. The van der Waals surface area contributed by atoms with Gasteiger partial charge in [-0.25, -0.2) is 4.98 Å². The number of ether oxygens (including phenoxy) is 2. The predicted octanol–water partition coefficient (Wildman–Crippen LogP) is 0.876. The summed E-state index contributed by atoms with van der Waals surface area (Å²) in [4.78, 5) is 4.34. The summed E-state index contributed by atoms with van der Waals surface area (Å²) in [7, 11) is 3.76. The van der Waals surface area contributed by atoms with Crippen LogP contribution in [0.2, 0.25) is 0 Å². The van der Waals surface area contributed by atoms with Gasteiger partial charge >= 0.3 is 0 Å². The predicted molar refractivity (Wildman–Crippen MR) is 64.8 cm³/mol. The molecule has 96 valence electrons. The van der Waals surface area contributed by atoms with Crippen molar-refractivity contribution in [3.63, 3.8) is 0 Å². The number of rotatable bonds is 5. The van der Waals surface area contributed by atoms with Gasteiger partial charge in [-0.2, -0.15) is 0 Å². The van der Waals surface area contributed by atoms with E-state index in [2.05, 4.69) is 17.2 Å². The number of hydrogen-bond donors (Lipinski definition) is 1. The summed E-state index contributed by atoms with van der Waals surface area (Å²) >= 11 is 0. The van der Waals surface area contributed by atoms with Crippen LogP contribution in [0.5, 0.6) is 0 Å². The molecular weight excluding hydrogens is 218 g/mol. The highest BCUT2D eigenvalue weighted by Crippen LogP contribution is 2.22. The molecule has 2 heterocycles. The zero-order chi connectivity index (χ0) is 12.3. The van der Waals surface area contributed by atoms with E-state index in [9.17, 15) is 0 Å². The van der Waals surface area contributed by atoms with Crippen LogP contribution in [0, 0.1) is 0 Å². The standard InChI is InChI=1S/C12H21N3O2/c1-10(11-13-5-6-15(11)2)14-8-12(16-3)4-7-17-9-12/h5-6,10,14H,4,7-9H2,1-3H3. The van der Waals surface area contributed by atoms with Gasteiger partial charge in [-0.05, 0) is 6.92 Å². The summed E-state index contributed by atoms with van der Waals surface area (Å²) in [5.74, 6) is 1.04. The minimum atomic E-state index is -0.167. The van der Waals surface area contributed by atoms with Gasteiger partial charge in [0.2, 0.25) is 0 Å². The van der Waals surface area contributed by atoms with E-state index in [1.165, 1.54) is 0 Å². The van der Waals surface area contributed by atoms with Crippen molar-refractivity contribution in [3.05, 3.63) is 18.2 Å². The third-order valence-corrected chi connectivity index (χ3v) is 3.48. The summed E-state index contributed by atoms with van der Waals surface area (Å²) in [5.41, 5.74) is -0.167. The van der Waals surface area contributed by atoms with Crippen LogP contribution < -0.4 is 5.32 Å². The summed E-state index contributed by atoms with van der Waals surface area (Å²) in [6, 6.07) is 0.211. The SMILES string of the molecule is COC1(CNC(C)c2nccn2C)CCOC1. The minimum Gasteiger partial charge on any atom is -0.378 e. The van der Waals surface area contributed by atoms with Crippen LogP contribution in [-0.4, -0.2) is 42.0 Å². The van der Waals surface area contributed by atoms with Crippen molar-refractivity contribution in [3.8, 4) is 0 Å². The lowest BCUT2D eigenvalue weighted by Gasteiger charge is -2.27. The van der Waals surface area contributed by atoms with Gasteiger partial charge < -0.3 is 19.4 Å². The first-order valence-electron chi connectivity index (χ1n) is 6.00. The third-order valence-electron chi connectivity index (χ3n) is 3.48. The van der Waals surface area contributed by atoms with Gasteiger partial charge in [0.05, 0.1) is 12.6 Å². The summed E-state index contributed by atoms with van der Waals surface area (Å²) in [6.07, 6.45) is 4.72. The van der Waals surface area contributed by atoms with Crippen molar-refractivity contribution in [2.45, 2.75) is 25.0 Å². The largest absolute Gasteiger partial charge is 0.378 e. The van der Waals surface area contributed by atoms with Crippen molar-refractivity contribution >= 4 is 0 Å². The number of aromatic nitrogens is 2. The fraction of sp³-hybridized carbons (Fsp3) is 0.750. The van der Waals surface area contributed by atoms with Gasteiger partial charge in [0.15, 0.2) is 0 Å². The second kappa shape index (κ2) is 5.16. The Morgan fingerprint density at radius 2 is 2.53 bits per heavy atom. The van der Waals surface area contributed by atoms with Gasteiger partial charge in [-0.1, -0.05) is 0 Å². The van der Waals surface area contributed by atoms with Crippen LogP contribution in [0.4, 0.5) is 0 Å². The molecule has 1 fully saturated rings. The van der Waals surface area contributed by atoms with E-state index in [-0.39, 0.29) is 11.6 Å². The first kappa shape index (κ1) is 12.5. The molecule has 2 atom stereocenters. The highest BCUT2D eigenvalue weighted by Gasteiger charge is 2.35. The quantitative estimate of drug-likeness (QED) is 0.828. The Morgan fingerprint density at radius 3 is 3.06 bits per heavy atom. The zero-order valence-corrected chi connectivity index (χ0v) is 10.8. The Kier molecular flexibility index (Phi) is 3.81. The molecule has 0 aliphatic carbocycles. The number of methoxy groups -OCH3 is 1. The maximum atomic E-state index is 5.58. The van der Waals surface area contributed by atoms with Crippen molar-refractivity contribution in [2.75, 3.05) is 26.9 Å². The maximum Gasteiger partial charge on any atom is 0.125 e. The molecule has 0 spiro atoms. The second-order valence-electron chi connectivity index (χ2n) is 4.69. The van der Waals surface area contributed by atoms with E-state index in [0.29, 0.717) is 6.61 Å². The molecule has 1 N–H and O–H groups in total. The van der Waals surface area contributed by atoms with Crippen LogP contribution in [-0.2, 0) is 16.5 Å². The Morgan fingerprint density at radius 1 is 1.71 bits per heavy atom. The van der Waals surface area contributed by atoms with Crippen LogP contribution in [0.25, 0.3) is 0 Å². The average Bonchev–Trinajstić information content (AvgIpc) is 2.95. The molecule has 0 radical (unpaired) electrons. The minimum absolute atomic E-state index is 0.167. The van der Waals surface area contributed by atoms with Crippen LogP contribution in [0.1, 0.15) is 25.2 Å². The van der Waals surface area contributed by atoms with Crippen molar-refractivity contribution < 1.29 is 9.47 Å². The molecule has 1 aromatic heterocycles. The topological polar surface area (TPSA) is 48.3 Å². The van der Waals surface area contributed by atoms with Gasteiger partial charge in [0.1, 0.15) is 11.4 Å². The highest BCUT2D eigenvalue weighted by molar-refractivity contribution is 4.98. The Labute approximate surface area is 102 Å². The van der Waals surface area contributed by atoms with Crippen LogP contribution in [0.15, 0.2) is 12.4 Å². The molecule has 5 heteroatoms. The molecule has 0 aromatic carbocycles. The zero-order valence-electron chi connectivity index (χ0n) is 10.8. The molecule has 1 aliphatic rings. The third kappa shape index (κ3) is 2.68. The van der Waals surface area contributed by atoms with E-state index in [1.807, 2.05) is 24.0 Å². The Bertz CT molecular complexity index is 358. The lowest BCUT2D eigenvalue weighted by molar-refractivity contribution is -0.0174. The second-order valence-corrected chi connectivity index (χ2v) is 4.69. The smallest absolute Gasteiger partial charge is 0.125 e. The van der Waals surface area contributed by atoms with Gasteiger partial charge in [-0.15, -0.1) is 0 Å². The Hall–Kier alpha value is -0.910. The van der Waals surface area contributed by atoms with Crippen molar-refractivity contribution in [1.82, 2.24) is 14.9 Å². The van der Waals surface area contributed by atoms with Crippen LogP contribution in [0.3, 0.4) is 0 Å². The molecule has 17 heavy (non-hydrogen) atoms. The van der Waals surface area contributed by atoms with E-state index in [0.717, 1.165) is 25.4 Å². The number of imidazole rings is 1. The van der Waals surface area contributed by atoms with E-state index in [4.69, 9.17) is 9.47 Å². The summed E-state index contributed by atoms with van der Waals surface area (Å²) in [6.45, 7) is 4.36. The first-order chi connectivity index (χ1) is 8.17. The van der Waals surface area contributed by atoms with Gasteiger partial charge in [-0.3, -0.25) is 0 Å². The van der Waals surface area contributed by atoms with E-state index >= 15 is 0 Å². The molecule has 1 saturated heterocycles. The van der Waals surface area contributed by atoms with Gasteiger partial charge in [0, 0.05) is 46.1 Å². The normalized spacial score (nSPS) is 26.3. The summed E-state index contributed by atoms with van der Waals surface area (Å²) in [5, 5.41) is 3.47. The van der Waals surface area contributed by atoms with Crippen molar-refractivity contribution in [2.24, 2.45) is 7.05 Å². The molecule has 0 bridgehead atoms. The van der Waals surface area contributed by atoms with E-state index < -0.39 is 0 Å². The first-order valence-corrected chi connectivity index (χ1v) is 6.00. The molecule has 1 aromatic rings. The Balaban J connectivity index is 1.91. The number of nitrogens with zero attached hydrogens (tertiary/aromatic N) is 2. The monoisotopic (exact) mass is 239 g/mol. The molecule has 0 saturated carbocycles. The molecule has 2 rings (SSSR count). The fourth-order valence-electron chi connectivity index (χ4n) is 2.19. The number of aryl methyl sites for hydroxylation is 1. The lowest BCUT2D eigenvalue weighted by Crippen LogP contribution is -2.44.